The average Bonchev–Trinajstić information content (AvgIpc) is 2.78. The number of amides is 1. The van der Waals surface area contributed by atoms with Crippen molar-refractivity contribution in [3.8, 4) is 0 Å². The van der Waals surface area contributed by atoms with Gasteiger partial charge >= 0.3 is 0 Å². The fourth-order valence-corrected chi connectivity index (χ4v) is 3.00. The van der Waals surface area contributed by atoms with Crippen molar-refractivity contribution in [1.29, 1.82) is 0 Å². The number of benzene rings is 1. The third-order valence-electron chi connectivity index (χ3n) is 2.96. The quantitative estimate of drug-likeness (QED) is 0.851. The fraction of sp³-hybridized carbons (Fsp3) is 0.429. The van der Waals surface area contributed by atoms with Crippen molar-refractivity contribution in [3.63, 3.8) is 0 Å². The normalized spacial score (nSPS) is 11.2. The number of hydrogen-bond acceptors (Lipinski definition) is 4. The van der Waals surface area contributed by atoms with E-state index in [0.717, 1.165) is 17.7 Å². The van der Waals surface area contributed by atoms with Gasteiger partial charge < -0.3 is 4.90 Å². The minimum Gasteiger partial charge on any atom is -0.309 e. The monoisotopic (exact) mass is 295 g/mol. The van der Waals surface area contributed by atoms with Gasteiger partial charge in [-0.3, -0.25) is 9.69 Å². The molecule has 0 fully saturated rings. The van der Waals surface area contributed by atoms with Crippen LogP contribution in [0.1, 0.15) is 13.3 Å². The Kier molecular flexibility index (Phi) is 4.67. The second-order valence-corrected chi connectivity index (χ2v) is 5.92. The van der Waals surface area contributed by atoms with Crippen molar-refractivity contribution in [2.24, 2.45) is 0 Å². The zero-order valence-corrected chi connectivity index (χ0v) is 12.7. The van der Waals surface area contributed by atoms with E-state index in [1.54, 1.807) is 11.0 Å². The molecule has 1 heterocycles. The summed E-state index contributed by atoms with van der Waals surface area (Å²) >= 11 is 1.35. The van der Waals surface area contributed by atoms with Gasteiger partial charge in [0.1, 0.15) is 11.3 Å². The van der Waals surface area contributed by atoms with E-state index >= 15 is 0 Å². The molecule has 2 rings (SSSR count). The lowest BCUT2D eigenvalue weighted by Gasteiger charge is -2.19. The van der Waals surface area contributed by atoms with Crippen molar-refractivity contribution >= 4 is 32.6 Å². The molecule has 0 aliphatic heterocycles. The van der Waals surface area contributed by atoms with Crippen LogP contribution in [-0.4, -0.2) is 43.0 Å². The molecule has 0 saturated heterocycles. The third kappa shape index (κ3) is 3.32. The van der Waals surface area contributed by atoms with Crippen molar-refractivity contribution in [2.75, 3.05) is 32.1 Å². The molecule has 4 nitrogen and oxygen atoms in total. The summed E-state index contributed by atoms with van der Waals surface area (Å²) < 4.78 is 14.4. The summed E-state index contributed by atoms with van der Waals surface area (Å²) in [5.41, 5.74) is 0.339. The van der Waals surface area contributed by atoms with Crippen molar-refractivity contribution in [1.82, 2.24) is 9.88 Å². The maximum atomic E-state index is 13.7. The molecule has 0 atom stereocenters. The van der Waals surface area contributed by atoms with Gasteiger partial charge in [0.15, 0.2) is 5.13 Å². The van der Waals surface area contributed by atoms with Gasteiger partial charge in [-0.05, 0) is 39.2 Å². The molecule has 0 aliphatic rings. The molecule has 1 aromatic carbocycles. The number of anilines is 1. The Morgan fingerprint density at radius 2 is 2.10 bits per heavy atom. The van der Waals surface area contributed by atoms with Crippen LogP contribution in [0.2, 0.25) is 0 Å². The summed E-state index contributed by atoms with van der Waals surface area (Å²) in [6, 6.07) is 4.86. The molecule has 0 N–H and O–H groups in total. The minimum atomic E-state index is -0.346. The summed E-state index contributed by atoms with van der Waals surface area (Å²) in [6.07, 6.45) is 0.852. The lowest BCUT2D eigenvalue weighted by molar-refractivity contribution is -0.116. The number of carbonyl (C=O) groups excluding carboxylic acids is 1. The first-order valence-electron chi connectivity index (χ1n) is 6.47. The number of halogens is 1. The van der Waals surface area contributed by atoms with E-state index < -0.39 is 0 Å². The molecule has 1 aromatic heterocycles. The number of para-hydroxylation sites is 1. The molecule has 20 heavy (non-hydrogen) atoms. The van der Waals surface area contributed by atoms with Gasteiger partial charge in [-0.1, -0.05) is 17.4 Å². The zero-order valence-electron chi connectivity index (χ0n) is 11.9. The number of rotatable bonds is 5. The highest BCUT2D eigenvalue weighted by molar-refractivity contribution is 7.22. The largest absolute Gasteiger partial charge is 0.309 e. The molecular formula is C14H18FN3OS. The van der Waals surface area contributed by atoms with Crippen LogP contribution in [0, 0.1) is 5.82 Å². The van der Waals surface area contributed by atoms with Crippen LogP contribution in [0.15, 0.2) is 18.2 Å². The lowest BCUT2D eigenvalue weighted by atomic mass is 10.3. The van der Waals surface area contributed by atoms with E-state index in [1.807, 2.05) is 20.2 Å². The number of fused-ring (bicyclic) bond motifs is 1. The number of aromatic nitrogens is 1. The molecule has 0 radical (unpaired) electrons. The lowest BCUT2D eigenvalue weighted by Crippen LogP contribution is -2.31. The maximum Gasteiger partial charge on any atom is 0.225 e. The van der Waals surface area contributed by atoms with E-state index in [9.17, 15) is 9.18 Å². The first kappa shape index (κ1) is 14.9. The van der Waals surface area contributed by atoms with Crippen LogP contribution >= 0.6 is 11.3 Å². The summed E-state index contributed by atoms with van der Waals surface area (Å²) in [5.74, 6) is -0.412. The summed E-state index contributed by atoms with van der Waals surface area (Å²) in [4.78, 5) is 19.7. The SMILES string of the molecule is CC(=O)N(CCCN(C)C)c1nc2c(F)cccc2s1. The zero-order chi connectivity index (χ0) is 14.7. The highest BCUT2D eigenvalue weighted by atomic mass is 32.1. The molecule has 1 amide bonds. The summed E-state index contributed by atoms with van der Waals surface area (Å²) in [6.45, 7) is 3.00. The molecule has 0 aliphatic carbocycles. The van der Waals surface area contributed by atoms with Gasteiger partial charge in [0.25, 0.3) is 0 Å². The Hall–Kier alpha value is -1.53. The molecule has 0 unspecified atom stereocenters. The number of nitrogens with zero attached hydrogens (tertiary/aromatic N) is 3. The second kappa shape index (κ2) is 6.28. The van der Waals surface area contributed by atoms with Crippen molar-refractivity contribution in [3.05, 3.63) is 24.0 Å². The average molecular weight is 295 g/mol. The van der Waals surface area contributed by atoms with Crippen LogP contribution in [0.5, 0.6) is 0 Å². The Bertz CT molecular complexity index is 611. The number of thiazole rings is 1. The predicted octanol–water partition coefficient (Wildman–Crippen LogP) is 2.74. The maximum absolute atomic E-state index is 13.7. The van der Waals surface area contributed by atoms with E-state index in [2.05, 4.69) is 9.88 Å². The smallest absolute Gasteiger partial charge is 0.225 e. The first-order valence-corrected chi connectivity index (χ1v) is 7.28. The van der Waals surface area contributed by atoms with E-state index in [-0.39, 0.29) is 11.7 Å². The Morgan fingerprint density at radius 1 is 1.35 bits per heavy atom. The first-order chi connectivity index (χ1) is 9.49. The van der Waals surface area contributed by atoms with Crippen LogP contribution in [-0.2, 0) is 4.79 Å². The Morgan fingerprint density at radius 3 is 2.70 bits per heavy atom. The summed E-state index contributed by atoms with van der Waals surface area (Å²) in [5, 5.41) is 0.566. The fourth-order valence-electron chi connectivity index (χ4n) is 1.95. The van der Waals surface area contributed by atoms with Gasteiger partial charge in [-0.2, -0.15) is 0 Å². The molecular weight excluding hydrogens is 277 g/mol. The topological polar surface area (TPSA) is 36.4 Å². The van der Waals surface area contributed by atoms with Gasteiger partial charge in [0.2, 0.25) is 5.91 Å². The van der Waals surface area contributed by atoms with Crippen LogP contribution < -0.4 is 4.90 Å². The van der Waals surface area contributed by atoms with Gasteiger partial charge in [-0.25, -0.2) is 9.37 Å². The van der Waals surface area contributed by atoms with E-state index in [1.165, 1.54) is 24.3 Å². The predicted molar refractivity (Wildman–Crippen MR) is 80.8 cm³/mol. The standard InChI is InChI=1S/C14H18FN3OS/c1-10(19)18(9-5-8-17(2)3)14-16-13-11(15)6-4-7-12(13)20-14/h4,6-7H,5,8-9H2,1-3H3. The molecule has 0 saturated carbocycles. The number of carbonyl (C=O) groups is 1. The Labute approximate surface area is 121 Å². The van der Waals surface area contributed by atoms with Crippen molar-refractivity contribution < 1.29 is 9.18 Å². The highest BCUT2D eigenvalue weighted by Crippen LogP contribution is 2.30. The van der Waals surface area contributed by atoms with Gasteiger partial charge in [0, 0.05) is 13.5 Å². The van der Waals surface area contributed by atoms with E-state index in [4.69, 9.17) is 0 Å². The van der Waals surface area contributed by atoms with Crippen LogP contribution in [0.25, 0.3) is 10.2 Å². The molecule has 0 spiro atoms. The highest BCUT2D eigenvalue weighted by Gasteiger charge is 2.17. The second-order valence-electron chi connectivity index (χ2n) is 4.91. The molecule has 108 valence electrons. The molecule has 2 aromatic rings. The Balaban J connectivity index is 2.23. The number of hydrogen-bond donors (Lipinski definition) is 0. The molecule has 6 heteroatoms. The van der Waals surface area contributed by atoms with Crippen LogP contribution in [0.4, 0.5) is 9.52 Å². The van der Waals surface area contributed by atoms with Gasteiger partial charge in [-0.15, -0.1) is 0 Å². The van der Waals surface area contributed by atoms with E-state index in [0.29, 0.717) is 17.2 Å². The van der Waals surface area contributed by atoms with Crippen molar-refractivity contribution in [2.45, 2.75) is 13.3 Å². The summed E-state index contributed by atoms with van der Waals surface area (Å²) in [7, 11) is 3.98. The molecule has 0 bridgehead atoms. The van der Waals surface area contributed by atoms with Gasteiger partial charge in [0.05, 0.1) is 4.70 Å². The van der Waals surface area contributed by atoms with Crippen LogP contribution in [0.3, 0.4) is 0 Å². The third-order valence-corrected chi connectivity index (χ3v) is 4.00. The minimum absolute atomic E-state index is 0.0665.